The number of aryl methyl sites for hydroxylation is 1. The van der Waals surface area contributed by atoms with Gasteiger partial charge in [-0.2, -0.15) is 0 Å². The average Bonchev–Trinajstić information content (AvgIpc) is 2.32. The van der Waals surface area contributed by atoms with E-state index < -0.39 is 0 Å². The number of nitrogens with zero attached hydrogens (tertiary/aromatic N) is 2. The van der Waals surface area contributed by atoms with Crippen LogP contribution in [0.25, 0.3) is 0 Å². The molecular formula is C12H11N3OS. The third kappa shape index (κ3) is 2.98. The fourth-order valence-corrected chi connectivity index (χ4v) is 1.34. The van der Waals surface area contributed by atoms with Crippen molar-refractivity contribution in [2.75, 3.05) is 0 Å². The second kappa shape index (κ2) is 4.88. The van der Waals surface area contributed by atoms with E-state index in [1.165, 1.54) is 18.0 Å². The normalized spacial score (nSPS) is 9.94. The summed E-state index contributed by atoms with van der Waals surface area (Å²) in [6.07, 6.45) is 3.02. The number of aromatic nitrogens is 2. The zero-order valence-electron chi connectivity index (χ0n) is 9.25. The highest BCUT2D eigenvalue weighted by Gasteiger charge is 2.03. The third-order valence-corrected chi connectivity index (χ3v) is 2.32. The highest BCUT2D eigenvalue weighted by atomic mass is 32.1. The first-order valence-corrected chi connectivity index (χ1v) is 5.42. The molecule has 0 fully saturated rings. The van der Waals surface area contributed by atoms with Gasteiger partial charge in [0.15, 0.2) is 0 Å². The van der Waals surface area contributed by atoms with Crippen LogP contribution in [0.4, 0.5) is 0 Å². The van der Waals surface area contributed by atoms with Crippen molar-refractivity contribution in [3.63, 3.8) is 0 Å². The molecule has 0 saturated heterocycles. The molecule has 1 aromatic carbocycles. The lowest BCUT2D eigenvalue weighted by molar-refractivity contribution is 0.459. The number of hydrogen-bond acceptors (Lipinski definition) is 4. The molecule has 0 aliphatic heterocycles. The monoisotopic (exact) mass is 245 g/mol. The molecule has 0 saturated carbocycles. The van der Waals surface area contributed by atoms with E-state index >= 15 is 0 Å². The second-order valence-electron chi connectivity index (χ2n) is 3.52. The van der Waals surface area contributed by atoms with Crippen LogP contribution in [0, 0.1) is 6.92 Å². The fraction of sp³-hybridized carbons (Fsp3) is 0.0833. The van der Waals surface area contributed by atoms with E-state index in [0.29, 0.717) is 17.3 Å². The largest absolute Gasteiger partial charge is 0.437 e. The molecule has 17 heavy (non-hydrogen) atoms. The van der Waals surface area contributed by atoms with Crippen molar-refractivity contribution in [1.29, 1.82) is 0 Å². The molecule has 0 unspecified atom stereocenters. The number of hydrogen-bond donors (Lipinski definition) is 1. The van der Waals surface area contributed by atoms with Gasteiger partial charge in [0.25, 0.3) is 0 Å². The van der Waals surface area contributed by atoms with Gasteiger partial charge in [-0.25, -0.2) is 4.98 Å². The van der Waals surface area contributed by atoms with Gasteiger partial charge in [0.2, 0.25) is 5.88 Å². The zero-order chi connectivity index (χ0) is 12.3. The molecule has 2 rings (SSSR count). The van der Waals surface area contributed by atoms with Gasteiger partial charge < -0.3 is 10.5 Å². The maximum absolute atomic E-state index is 5.54. The van der Waals surface area contributed by atoms with Crippen LogP contribution in [0.15, 0.2) is 36.7 Å². The van der Waals surface area contributed by atoms with E-state index in [9.17, 15) is 0 Å². The molecule has 0 aliphatic rings. The van der Waals surface area contributed by atoms with E-state index in [-0.39, 0.29) is 4.99 Å². The summed E-state index contributed by atoms with van der Waals surface area (Å²) in [5.41, 5.74) is 7.08. The Morgan fingerprint density at radius 1 is 1.24 bits per heavy atom. The van der Waals surface area contributed by atoms with Crippen molar-refractivity contribution in [3.8, 4) is 11.6 Å². The van der Waals surface area contributed by atoms with E-state index in [1.54, 1.807) is 0 Å². The van der Waals surface area contributed by atoms with Crippen molar-refractivity contribution >= 4 is 17.2 Å². The van der Waals surface area contributed by atoms with Crippen LogP contribution in [-0.4, -0.2) is 15.0 Å². The molecule has 5 heteroatoms. The van der Waals surface area contributed by atoms with E-state index in [2.05, 4.69) is 9.97 Å². The van der Waals surface area contributed by atoms with Crippen LogP contribution in [-0.2, 0) is 0 Å². The van der Waals surface area contributed by atoms with E-state index in [0.717, 1.165) is 0 Å². The summed E-state index contributed by atoms with van der Waals surface area (Å²) in [4.78, 5) is 8.30. The van der Waals surface area contributed by atoms with Gasteiger partial charge in [0, 0.05) is 0 Å². The molecule has 0 atom stereocenters. The fourth-order valence-electron chi connectivity index (χ4n) is 1.24. The van der Waals surface area contributed by atoms with Gasteiger partial charge in [-0.05, 0) is 19.1 Å². The molecular weight excluding hydrogens is 234 g/mol. The second-order valence-corrected chi connectivity index (χ2v) is 3.96. The summed E-state index contributed by atoms with van der Waals surface area (Å²) in [7, 11) is 0. The van der Waals surface area contributed by atoms with Crippen LogP contribution in [0.3, 0.4) is 0 Å². The van der Waals surface area contributed by atoms with Crippen molar-refractivity contribution in [2.45, 2.75) is 6.92 Å². The molecule has 1 aromatic heterocycles. The number of ether oxygens (including phenoxy) is 1. The minimum atomic E-state index is 0.201. The summed E-state index contributed by atoms with van der Waals surface area (Å²) in [6, 6.07) is 7.65. The van der Waals surface area contributed by atoms with Crippen molar-refractivity contribution in [3.05, 3.63) is 47.9 Å². The quantitative estimate of drug-likeness (QED) is 0.840. The third-order valence-electron chi connectivity index (χ3n) is 2.11. The van der Waals surface area contributed by atoms with Crippen LogP contribution in [0.2, 0.25) is 0 Å². The van der Waals surface area contributed by atoms with Crippen LogP contribution >= 0.6 is 12.2 Å². The van der Waals surface area contributed by atoms with Crippen LogP contribution < -0.4 is 10.5 Å². The summed E-state index contributed by atoms with van der Waals surface area (Å²) in [5, 5.41) is 0. The lowest BCUT2D eigenvalue weighted by Crippen LogP contribution is -2.12. The van der Waals surface area contributed by atoms with Gasteiger partial charge in [-0.1, -0.05) is 29.9 Å². The number of rotatable bonds is 3. The Hall–Kier alpha value is -2.01. The molecule has 2 aromatic rings. The van der Waals surface area contributed by atoms with Crippen LogP contribution in [0.1, 0.15) is 11.3 Å². The van der Waals surface area contributed by atoms with E-state index in [4.69, 9.17) is 22.7 Å². The number of thiocarbonyl (C=S) groups is 1. The van der Waals surface area contributed by atoms with Crippen molar-refractivity contribution < 1.29 is 4.74 Å². The molecule has 1 heterocycles. The van der Waals surface area contributed by atoms with E-state index in [1.807, 2.05) is 31.2 Å². The van der Waals surface area contributed by atoms with Crippen LogP contribution in [0.5, 0.6) is 11.6 Å². The highest BCUT2D eigenvalue weighted by Crippen LogP contribution is 2.18. The lowest BCUT2D eigenvalue weighted by atomic mass is 10.2. The van der Waals surface area contributed by atoms with Gasteiger partial charge in [0.1, 0.15) is 16.4 Å². The Balaban J connectivity index is 2.21. The smallest absolute Gasteiger partial charge is 0.238 e. The Kier molecular flexibility index (Phi) is 3.30. The first kappa shape index (κ1) is 11.5. The summed E-state index contributed by atoms with van der Waals surface area (Å²) < 4.78 is 5.54. The van der Waals surface area contributed by atoms with Crippen molar-refractivity contribution in [2.24, 2.45) is 5.73 Å². The summed E-state index contributed by atoms with van der Waals surface area (Å²) >= 11 is 4.82. The minimum absolute atomic E-state index is 0.201. The number of benzene rings is 1. The molecule has 0 aliphatic carbocycles. The maximum atomic E-state index is 5.54. The molecule has 0 bridgehead atoms. The zero-order valence-corrected chi connectivity index (χ0v) is 10.1. The van der Waals surface area contributed by atoms with Gasteiger partial charge >= 0.3 is 0 Å². The molecule has 0 spiro atoms. The molecule has 2 N–H and O–H groups in total. The number of nitrogens with two attached hydrogens (primary N) is 1. The highest BCUT2D eigenvalue weighted by molar-refractivity contribution is 7.80. The average molecular weight is 245 g/mol. The molecule has 86 valence electrons. The first-order valence-electron chi connectivity index (χ1n) is 5.01. The Bertz CT molecular complexity index is 540. The van der Waals surface area contributed by atoms with Crippen molar-refractivity contribution in [1.82, 2.24) is 9.97 Å². The predicted octanol–water partition coefficient (Wildman–Crippen LogP) is 2.21. The Morgan fingerprint density at radius 2 is 1.94 bits per heavy atom. The Morgan fingerprint density at radius 3 is 2.59 bits per heavy atom. The van der Waals surface area contributed by atoms with Gasteiger partial charge in [0.05, 0.1) is 12.4 Å². The summed E-state index contributed by atoms with van der Waals surface area (Å²) in [6.45, 7) is 2.01. The Labute approximate surface area is 104 Å². The SMILES string of the molecule is Cc1ccc(Oc2cncc(C(N)=S)n2)cc1. The minimum Gasteiger partial charge on any atom is -0.437 e. The topological polar surface area (TPSA) is 61.0 Å². The predicted molar refractivity (Wildman–Crippen MR) is 69.2 cm³/mol. The molecule has 0 radical (unpaired) electrons. The van der Waals surface area contributed by atoms with Gasteiger partial charge in [-0.15, -0.1) is 0 Å². The first-order chi connectivity index (χ1) is 8.15. The lowest BCUT2D eigenvalue weighted by Gasteiger charge is -2.05. The maximum Gasteiger partial charge on any atom is 0.238 e. The van der Waals surface area contributed by atoms with Gasteiger partial charge in [-0.3, -0.25) is 4.98 Å². The standard InChI is InChI=1S/C12H11N3OS/c1-8-2-4-9(5-3-8)16-11-7-14-6-10(15-11)12(13)17/h2-7H,1H3,(H2,13,17). The molecule has 4 nitrogen and oxygen atoms in total. The summed E-state index contributed by atoms with van der Waals surface area (Å²) in [5.74, 6) is 1.07. The molecule has 0 amide bonds.